The minimum atomic E-state index is -0.912. The largest absolute Gasteiger partial charge is 0.458 e. The summed E-state index contributed by atoms with van der Waals surface area (Å²) in [5, 5.41) is 32.3. The summed E-state index contributed by atoms with van der Waals surface area (Å²) >= 11 is 0. The molecule has 2 rings (SSSR count). The van der Waals surface area contributed by atoms with Gasteiger partial charge in [0.05, 0.1) is 18.3 Å². The number of fused-ring (bicyclic) bond motifs is 1. The highest BCUT2D eigenvalue weighted by molar-refractivity contribution is 5.66. The summed E-state index contributed by atoms with van der Waals surface area (Å²) in [6, 6.07) is 0. The fraction of sp³-hybridized carbons (Fsp3) is 0.773. The molecule has 2 aliphatic carbocycles. The molecule has 154 valence electrons. The van der Waals surface area contributed by atoms with Crippen molar-refractivity contribution in [2.75, 3.05) is 6.61 Å². The highest BCUT2D eigenvalue weighted by Crippen LogP contribution is 2.56. The van der Waals surface area contributed by atoms with Gasteiger partial charge in [-0.3, -0.25) is 4.79 Å². The van der Waals surface area contributed by atoms with Gasteiger partial charge in [0, 0.05) is 19.3 Å². The molecule has 0 spiro atoms. The zero-order chi connectivity index (χ0) is 20.4. The fourth-order valence-corrected chi connectivity index (χ4v) is 5.10. The SMILES string of the molecule is CC(=O)OC1C=C(C)CC(O)C2C(C)(CC=C(CO)C1)CCC2(O)C(C)C. The number of carbonyl (C=O) groups excluding carboxylic acids is 1. The Bertz CT molecular complexity index is 608. The van der Waals surface area contributed by atoms with Crippen molar-refractivity contribution in [3.63, 3.8) is 0 Å². The van der Waals surface area contributed by atoms with Crippen LogP contribution in [0.1, 0.15) is 66.7 Å². The molecule has 5 heteroatoms. The summed E-state index contributed by atoms with van der Waals surface area (Å²) in [6.07, 6.45) is 5.78. The molecular formula is C22H36O5. The van der Waals surface area contributed by atoms with Crippen LogP contribution in [0.2, 0.25) is 0 Å². The van der Waals surface area contributed by atoms with Crippen LogP contribution in [0.5, 0.6) is 0 Å². The maximum absolute atomic E-state index is 11.5. The van der Waals surface area contributed by atoms with Gasteiger partial charge < -0.3 is 20.1 Å². The molecule has 0 aromatic heterocycles. The predicted octanol–water partition coefficient (Wildman–Crippen LogP) is 3.13. The van der Waals surface area contributed by atoms with E-state index in [-0.39, 0.29) is 29.8 Å². The van der Waals surface area contributed by atoms with Crippen molar-refractivity contribution >= 4 is 5.97 Å². The molecule has 2 aliphatic rings. The first-order chi connectivity index (χ1) is 12.5. The van der Waals surface area contributed by atoms with Crippen molar-refractivity contribution in [1.29, 1.82) is 0 Å². The van der Waals surface area contributed by atoms with E-state index in [1.165, 1.54) is 6.92 Å². The van der Waals surface area contributed by atoms with Gasteiger partial charge in [0.25, 0.3) is 0 Å². The lowest BCUT2D eigenvalue weighted by Gasteiger charge is -2.43. The lowest BCUT2D eigenvalue weighted by atomic mass is 9.66. The van der Waals surface area contributed by atoms with Gasteiger partial charge in [-0.05, 0) is 55.6 Å². The van der Waals surface area contributed by atoms with Crippen LogP contribution in [-0.4, -0.2) is 45.7 Å². The van der Waals surface area contributed by atoms with Crippen LogP contribution in [-0.2, 0) is 9.53 Å². The van der Waals surface area contributed by atoms with Crippen molar-refractivity contribution < 1.29 is 24.9 Å². The Morgan fingerprint density at radius 2 is 2.00 bits per heavy atom. The number of aliphatic hydroxyl groups is 3. The van der Waals surface area contributed by atoms with Crippen molar-refractivity contribution in [2.24, 2.45) is 17.3 Å². The van der Waals surface area contributed by atoms with E-state index in [1.807, 2.05) is 32.9 Å². The fourth-order valence-electron chi connectivity index (χ4n) is 5.10. The number of carbonyl (C=O) groups is 1. The van der Waals surface area contributed by atoms with Crippen molar-refractivity contribution in [3.8, 4) is 0 Å². The van der Waals surface area contributed by atoms with E-state index >= 15 is 0 Å². The molecule has 5 atom stereocenters. The minimum absolute atomic E-state index is 0.0449. The number of hydrogen-bond acceptors (Lipinski definition) is 5. The van der Waals surface area contributed by atoms with Crippen LogP contribution >= 0.6 is 0 Å². The number of aliphatic hydroxyl groups excluding tert-OH is 2. The van der Waals surface area contributed by atoms with Gasteiger partial charge in [0.2, 0.25) is 0 Å². The highest BCUT2D eigenvalue weighted by atomic mass is 16.5. The Morgan fingerprint density at radius 1 is 1.33 bits per heavy atom. The van der Waals surface area contributed by atoms with Crippen LogP contribution in [0.3, 0.4) is 0 Å². The quantitative estimate of drug-likeness (QED) is 0.517. The molecule has 0 aliphatic heterocycles. The first kappa shape index (κ1) is 22.1. The standard InChI is InChI=1S/C22H36O5/c1-14(2)22(26)9-8-21(5)7-6-17(13-23)12-18(27-16(4)24)10-15(3)11-19(25)20(21)22/h6,10,14,18-20,23,25-26H,7-9,11-13H2,1-5H3. The number of esters is 1. The van der Waals surface area contributed by atoms with Crippen molar-refractivity contribution in [3.05, 3.63) is 23.3 Å². The molecular weight excluding hydrogens is 344 g/mol. The summed E-state index contributed by atoms with van der Waals surface area (Å²) in [5.41, 5.74) is 0.584. The zero-order valence-electron chi connectivity index (χ0n) is 17.4. The number of hydrogen-bond donors (Lipinski definition) is 3. The van der Waals surface area contributed by atoms with Gasteiger partial charge in [-0.25, -0.2) is 0 Å². The molecule has 27 heavy (non-hydrogen) atoms. The lowest BCUT2D eigenvalue weighted by molar-refractivity contribution is -0.144. The summed E-state index contributed by atoms with van der Waals surface area (Å²) in [4.78, 5) is 11.5. The molecule has 5 unspecified atom stereocenters. The van der Waals surface area contributed by atoms with Crippen LogP contribution < -0.4 is 0 Å². The number of rotatable bonds is 3. The smallest absolute Gasteiger partial charge is 0.303 e. The molecule has 1 saturated carbocycles. The molecule has 0 aromatic rings. The Hall–Kier alpha value is -1.17. The first-order valence-corrected chi connectivity index (χ1v) is 10.1. The molecule has 0 saturated heterocycles. The number of allylic oxidation sites excluding steroid dienone is 1. The van der Waals surface area contributed by atoms with E-state index in [1.54, 1.807) is 0 Å². The van der Waals surface area contributed by atoms with E-state index in [9.17, 15) is 20.1 Å². The third kappa shape index (κ3) is 4.82. The Kier molecular flexibility index (Phi) is 6.93. The second kappa shape index (κ2) is 8.46. The van der Waals surface area contributed by atoms with Crippen LogP contribution in [0, 0.1) is 17.3 Å². The molecule has 0 aromatic carbocycles. The summed E-state index contributed by atoms with van der Waals surface area (Å²) < 4.78 is 5.40. The predicted molar refractivity (Wildman–Crippen MR) is 105 cm³/mol. The van der Waals surface area contributed by atoms with Gasteiger partial charge in [0.1, 0.15) is 6.10 Å². The zero-order valence-corrected chi connectivity index (χ0v) is 17.4. The van der Waals surface area contributed by atoms with Crippen LogP contribution in [0.4, 0.5) is 0 Å². The molecule has 1 fully saturated rings. The maximum Gasteiger partial charge on any atom is 0.303 e. The van der Waals surface area contributed by atoms with Gasteiger partial charge >= 0.3 is 5.97 Å². The van der Waals surface area contributed by atoms with E-state index in [0.717, 1.165) is 17.6 Å². The number of ether oxygens (including phenoxy) is 1. The Morgan fingerprint density at radius 3 is 2.56 bits per heavy atom. The van der Waals surface area contributed by atoms with Crippen molar-refractivity contribution in [1.82, 2.24) is 0 Å². The summed E-state index contributed by atoms with van der Waals surface area (Å²) in [6.45, 7) is 9.35. The van der Waals surface area contributed by atoms with Crippen LogP contribution in [0.25, 0.3) is 0 Å². The summed E-state index contributed by atoms with van der Waals surface area (Å²) in [7, 11) is 0. The Labute approximate surface area is 163 Å². The normalized spacial score (nSPS) is 37.9. The monoisotopic (exact) mass is 380 g/mol. The second-order valence-electron chi connectivity index (χ2n) is 9.14. The Balaban J connectivity index is 2.46. The van der Waals surface area contributed by atoms with Crippen LogP contribution in [0.15, 0.2) is 23.3 Å². The van der Waals surface area contributed by atoms with Gasteiger partial charge in [-0.15, -0.1) is 0 Å². The van der Waals surface area contributed by atoms with Crippen molar-refractivity contribution in [2.45, 2.75) is 84.5 Å². The second-order valence-corrected chi connectivity index (χ2v) is 9.14. The molecule has 3 N–H and O–H groups in total. The highest BCUT2D eigenvalue weighted by Gasteiger charge is 2.57. The van der Waals surface area contributed by atoms with E-state index in [2.05, 4.69) is 6.92 Å². The van der Waals surface area contributed by atoms with E-state index in [0.29, 0.717) is 25.7 Å². The van der Waals surface area contributed by atoms with Gasteiger partial charge in [-0.2, -0.15) is 0 Å². The minimum Gasteiger partial charge on any atom is -0.458 e. The molecule has 0 heterocycles. The van der Waals surface area contributed by atoms with E-state index < -0.39 is 17.8 Å². The average molecular weight is 381 g/mol. The molecule has 0 amide bonds. The van der Waals surface area contributed by atoms with E-state index in [4.69, 9.17) is 4.74 Å². The maximum atomic E-state index is 11.5. The molecule has 0 bridgehead atoms. The van der Waals surface area contributed by atoms with Gasteiger partial charge in [0.15, 0.2) is 0 Å². The topological polar surface area (TPSA) is 87.0 Å². The summed E-state index contributed by atoms with van der Waals surface area (Å²) in [5.74, 6) is -0.576. The van der Waals surface area contributed by atoms with Gasteiger partial charge in [-0.1, -0.05) is 32.4 Å². The lowest BCUT2D eigenvalue weighted by Crippen LogP contribution is -2.49. The molecule has 5 nitrogen and oxygen atoms in total. The average Bonchev–Trinajstić information content (AvgIpc) is 2.82. The first-order valence-electron chi connectivity index (χ1n) is 10.1. The third-order valence-electron chi connectivity index (χ3n) is 6.61. The molecule has 0 radical (unpaired) electrons. The third-order valence-corrected chi connectivity index (χ3v) is 6.61.